The molecule has 1 fully saturated rings. The quantitative estimate of drug-likeness (QED) is 0.203. The van der Waals surface area contributed by atoms with E-state index >= 15 is 0 Å². The Balaban J connectivity index is 1.62. The molecule has 204 valence electrons. The molecule has 13 heteroatoms. The van der Waals surface area contributed by atoms with Gasteiger partial charge in [-0.15, -0.1) is 0 Å². The number of esters is 1. The Kier molecular flexibility index (Phi) is 8.51. The van der Waals surface area contributed by atoms with Crippen molar-refractivity contribution in [3.63, 3.8) is 0 Å². The molecule has 1 saturated heterocycles. The number of ether oxygens (including phenoxy) is 1. The maximum absolute atomic E-state index is 12.8. The molecule has 2 unspecified atom stereocenters. The number of anilines is 1. The third-order valence-corrected chi connectivity index (χ3v) is 6.88. The third-order valence-electron chi connectivity index (χ3n) is 6.33. The number of nitro groups is 1. The van der Waals surface area contributed by atoms with Gasteiger partial charge in [0.1, 0.15) is 11.9 Å². The second kappa shape index (κ2) is 11.8. The monoisotopic (exact) mass is 573 g/mol. The number of non-ortho nitro benzene ring substituents is 1. The van der Waals surface area contributed by atoms with Crippen molar-refractivity contribution in [3.8, 4) is 11.3 Å². The first-order valence-electron chi connectivity index (χ1n) is 12.2. The van der Waals surface area contributed by atoms with E-state index in [0.717, 1.165) is 4.90 Å². The maximum Gasteiger partial charge on any atom is 0.407 e. The highest BCUT2D eigenvalue weighted by Gasteiger charge is 2.39. The third kappa shape index (κ3) is 6.21. The first-order chi connectivity index (χ1) is 18.6. The van der Waals surface area contributed by atoms with Crippen LogP contribution in [0.2, 0.25) is 10.0 Å². The van der Waals surface area contributed by atoms with E-state index in [-0.39, 0.29) is 24.3 Å². The van der Waals surface area contributed by atoms with Gasteiger partial charge >= 0.3 is 12.1 Å². The molecule has 0 aliphatic carbocycles. The average molecular weight is 574 g/mol. The number of carbonyl (C=O) groups is 2. The van der Waals surface area contributed by atoms with E-state index in [4.69, 9.17) is 37.9 Å². The number of halogens is 2. The summed E-state index contributed by atoms with van der Waals surface area (Å²) in [4.78, 5) is 45.6. The zero-order valence-electron chi connectivity index (χ0n) is 21.1. The molecular formula is C26H25Cl2N5O6. The minimum atomic E-state index is -1.15. The fourth-order valence-corrected chi connectivity index (χ4v) is 4.80. The van der Waals surface area contributed by atoms with E-state index in [9.17, 15) is 24.8 Å². The fraction of sp³-hybridized carbons (Fsp3) is 0.308. The van der Waals surface area contributed by atoms with Gasteiger partial charge in [0.25, 0.3) is 5.69 Å². The van der Waals surface area contributed by atoms with Gasteiger partial charge in [-0.05, 0) is 43.2 Å². The molecule has 4 rings (SSSR count). The van der Waals surface area contributed by atoms with Crippen LogP contribution in [0.3, 0.4) is 0 Å². The second-order valence-electron chi connectivity index (χ2n) is 8.83. The molecule has 1 aromatic heterocycles. The summed E-state index contributed by atoms with van der Waals surface area (Å²) < 4.78 is 5.66. The molecule has 11 nitrogen and oxygen atoms in total. The highest BCUT2D eigenvalue weighted by atomic mass is 35.5. The van der Waals surface area contributed by atoms with E-state index in [0.29, 0.717) is 51.4 Å². The number of carbonyl (C=O) groups excluding carboxylic acids is 1. The van der Waals surface area contributed by atoms with Gasteiger partial charge in [-0.3, -0.25) is 10.1 Å². The summed E-state index contributed by atoms with van der Waals surface area (Å²) in [6.07, 6.45) is -0.935. The first-order valence-corrected chi connectivity index (χ1v) is 12.9. The molecule has 0 spiro atoms. The number of hydrogen-bond acceptors (Lipinski definition) is 8. The Hall–Kier alpha value is -3.96. The Bertz CT molecular complexity index is 1420. The van der Waals surface area contributed by atoms with E-state index in [1.54, 1.807) is 18.2 Å². The molecular weight excluding hydrogens is 549 g/mol. The van der Waals surface area contributed by atoms with E-state index in [1.165, 1.54) is 24.3 Å². The van der Waals surface area contributed by atoms with Crippen LogP contribution in [0, 0.1) is 10.1 Å². The molecule has 1 aliphatic rings. The van der Waals surface area contributed by atoms with Crippen molar-refractivity contribution in [2.45, 2.75) is 38.8 Å². The van der Waals surface area contributed by atoms with Crippen LogP contribution in [-0.4, -0.2) is 62.2 Å². The van der Waals surface area contributed by atoms with Crippen LogP contribution in [0.1, 0.15) is 35.6 Å². The van der Waals surface area contributed by atoms with Crippen molar-refractivity contribution in [2.75, 3.05) is 18.4 Å². The van der Waals surface area contributed by atoms with E-state index < -0.39 is 29.1 Å². The van der Waals surface area contributed by atoms with Gasteiger partial charge in [0, 0.05) is 29.3 Å². The molecule has 2 atom stereocenters. The highest BCUT2D eigenvalue weighted by molar-refractivity contribution is 6.36. The smallest absolute Gasteiger partial charge is 0.407 e. The fourth-order valence-electron chi connectivity index (χ4n) is 4.30. The Labute approximate surface area is 233 Å². The zero-order valence-corrected chi connectivity index (χ0v) is 22.6. The summed E-state index contributed by atoms with van der Waals surface area (Å²) in [5.41, 5.74) is 2.57. The van der Waals surface area contributed by atoms with Crippen LogP contribution >= 0.6 is 23.2 Å². The molecule has 1 aliphatic heterocycles. The van der Waals surface area contributed by atoms with E-state index in [1.807, 2.05) is 13.8 Å². The lowest BCUT2D eigenvalue weighted by Crippen LogP contribution is -2.36. The summed E-state index contributed by atoms with van der Waals surface area (Å²) in [5, 5.41) is 24.7. The number of nitrogens with zero attached hydrogens (tertiary/aromatic N) is 4. The van der Waals surface area contributed by atoms with Crippen molar-refractivity contribution < 1.29 is 24.4 Å². The lowest BCUT2D eigenvalue weighted by Gasteiger charge is -2.22. The van der Waals surface area contributed by atoms with Crippen LogP contribution in [0.25, 0.3) is 11.3 Å². The van der Waals surface area contributed by atoms with Gasteiger partial charge < -0.3 is 20.1 Å². The maximum atomic E-state index is 12.8. The summed E-state index contributed by atoms with van der Waals surface area (Å²) in [6, 6.07) is 9.53. The Morgan fingerprint density at radius 3 is 2.38 bits per heavy atom. The van der Waals surface area contributed by atoms with Gasteiger partial charge in [0.05, 0.1) is 45.2 Å². The molecule has 2 N–H and O–H groups in total. The lowest BCUT2D eigenvalue weighted by molar-refractivity contribution is -0.384. The Morgan fingerprint density at radius 2 is 1.79 bits per heavy atom. The molecule has 0 bridgehead atoms. The molecule has 0 saturated carbocycles. The van der Waals surface area contributed by atoms with Gasteiger partial charge in [0.2, 0.25) is 0 Å². The van der Waals surface area contributed by atoms with Crippen molar-refractivity contribution in [1.82, 2.24) is 14.9 Å². The van der Waals surface area contributed by atoms with Gasteiger partial charge in [-0.1, -0.05) is 37.0 Å². The van der Waals surface area contributed by atoms with E-state index in [2.05, 4.69) is 5.32 Å². The number of hydrogen-bond donors (Lipinski definition) is 2. The predicted octanol–water partition coefficient (Wildman–Crippen LogP) is 5.48. The minimum Gasteiger partial charge on any atom is -0.465 e. The standard InChI is InChI=1S/C26H25Cl2N5O6/c1-3-19-23(17-10-7-15(27)11-18(17)28)29-20(4-2)24(30-19)31-21-12-32(26(35)36)13-22(21)39-25(34)14-5-8-16(9-6-14)33(37)38/h5-11,21-22H,3-4,12-13H2,1-2H3,(H,30,31)(H,35,36). The summed E-state index contributed by atoms with van der Waals surface area (Å²) in [6.45, 7) is 3.84. The molecule has 1 amide bonds. The molecule has 2 heterocycles. The molecule has 0 radical (unpaired) electrons. The van der Waals surface area contributed by atoms with Gasteiger partial charge in [-0.2, -0.15) is 0 Å². The minimum absolute atomic E-state index is 0.0462. The van der Waals surface area contributed by atoms with Crippen molar-refractivity contribution in [1.29, 1.82) is 0 Å². The lowest BCUT2D eigenvalue weighted by atomic mass is 10.1. The van der Waals surface area contributed by atoms with Crippen molar-refractivity contribution >= 4 is 46.8 Å². The number of rotatable bonds is 8. The number of benzene rings is 2. The SMILES string of the molecule is CCc1nc(-c2ccc(Cl)cc2Cl)c(CC)nc1NC1CN(C(=O)O)CC1OC(=O)c1ccc([N+](=O)[O-])cc1. The highest BCUT2D eigenvalue weighted by Crippen LogP contribution is 2.33. The average Bonchev–Trinajstić information content (AvgIpc) is 3.31. The van der Waals surface area contributed by atoms with Gasteiger partial charge in [0.15, 0.2) is 0 Å². The number of aromatic nitrogens is 2. The van der Waals surface area contributed by atoms with Crippen LogP contribution in [0.4, 0.5) is 16.3 Å². The first kappa shape index (κ1) is 28.1. The van der Waals surface area contributed by atoms with Crippen molar-refractivity contribution in [2.24, 2.45) is 0 Å². The second-order valence-corrected chi connectivity index (χ2v) is 9.68. The van der Waals surface area contributed by atoms with Crippen LogP contribution < -0.4 is 5.32 Å². The molecule has 39 heavy (non-hydrogen) atoms. The molecule has 3 aromatic rings. The Morgan fingerprint density at radius 1 is 1.10 bits per heavy atom. The number of nitro benzene ring substituents is 1. The van der Waals surface area contributed by atoms with Crippen LogP contribution in [0.5, 0.6) is 0 Å². The topological polar surface area (TPSA) is 148 Å². The predicted molar refractivity (Wildman–Crippen MR) is 146 cm³/mol. The number of amides is 1. The number of likely N-dealkylation sites (tertiary alicyclic amines) is 1. The molecule has 2 aromatic carbocycles. The largest absolute Gasteiger partial charge is 0.465 e. The summed E-state index contributed by atoms with van der Waals surface area (Å²) in [5.74, 6) is -0.269. The zero-order chi connectivity index (χ0) is 28.3. The van der Waals surface area contributed by atoms with Gasteiger partial charge in [-0.25, -0.2) is 19.6 Å². The summed E-state index contributed by atoms with van der Waals surface area (Å²) >= 11 is 12.5. The summed E-state index contributed by atoms with van der Waals surface area (Å²) in [7, 11) is 0. The number of carboxylic acid groups (broad SMARTS) is 1. The number of aryl methyl sites for hydroxylation is 2. The van der Waals surface area contributed by atoms with Crippen molar-refractivity contribution in [3.05, 3.63) is 79.6 Å². The van der Waals surface area contributed by atoms with Crippen LogP contribution in [-0.2, 0) is 17.6 Å². The van der Waals surface area contributed by atoms with Crippen LogP contribution in [0.15, 0.2) is 42.5 Å². The number of nitrogens with one attached hydrogen (secondary N) is 1. The normalized spacial score (nSPS) is 16.7.